The molecule has 0 aromatic heterocycles. The maximum absolute atomic E-state index is 12.6. The third-order valence-electron chi connectivity index (χ3n) is 3.64. The fraction of sp³-hybridized carbons (Fsp3) is 0.500. The van der Waals surface area contributed by atoms with E-state index in [1.165, 1.54) is 0 Å². The molecule has 0 radical (unpaired) electrons. The van der Waals surface area contributed by atoms with Crippen LogP contribution in [-0.2, 0) is 6.18 Å². The molecule has 1 aromatic carbocycles. The van der Waals surface area contributed by atoms with E-state index in [1.807, 2.05) is 7.05 Å². The molecule has 1 aromatic rings. The van der Waals surface area contributed by atoms with E-state index in [-0.39, 0.29) is 18.4 Å². The SMILES string of the molecule is CN1CCC[C@H]1COc1ccc(C(F)(F)F)cc1C(=O)O. The molecule has 2 rings (SSSR count). The normalized spacial score (nSPS) is 19.7. The molecule has 1 atom stereocenters. The zero-order valence-corrected chi connectivity index (χ0v) is 11.5. The molecule has 1 aliphatic heterocycles. The number of hydrogen-bond acceptors (Lipinski definition) is 3. The van der Waals surface area contributed by atoms with Gasteiger partial charge in [-0.05, 0) is 44.6 Å². The lowest BCUT2D eigenvalue weighted by atomic mass is 10.1. The van der Waals surface area contributed by atoms with Crippen molar-refractivity contribution in [1.82, 2.24) is 4.90 Å². The van der Waals surface area contributed by atoms with Crippen LogP contribution in [0.5, 0.6) is 5.75 Å². The number of benzene rings is 1. The van der Waals surface area contributed by atoms with Gasteiger partial charge >= 0.3 is 12.1 Å². The predicted octanol–water partition coefficient (Wildman–Crippen LogP) is 2.88. The van der Waals surface area contributed by atoms with E-state index in [0.29, 0.717) is 6.07 Å². The third kappa shape index (κ3) is 3.66. The summed E-state index contributed by atoms with van der Waals surface area (Å²) < 4.78 is 43.2. The Labute approximate surface area is 120 Å². The van der Waals surface area contributed by atoms with Gasteiger partial charge in [-0.25, -0.2) is 4.79 Å². The summed E-state index contributed by atoms with van der Waals surface area (Å²) in [4.78, 5) is 13.2. The van der Waals surface area contributed by atoms with Gasteiger partial charge < -0.3 is 14.7 Å². The Morgan fingerprint density at radius 3 is 2.71 bits per heavy atom. The minimum atomic E-state index is -4.57. The minimum Gasteiger partial charge on any atom is -0.491 e. The summed E-state index contributed by atoms with van der Waals surface area (Å²) >= 11 is 0. The fourth-order valence-corrected chi connectivity index (χ4v) is 2.38. The summed E-state index contributed by atoms with van der Waals surface area (Å²) in [7, 11) is 1.94. The van der Waals surface area contributed by atoms with Gasteiger partial charge in [-0.2, -0.15) is 13.2 Å². The van der Waals surface area contributed by atoms with E-state index < -0.39 is 23.3 Å². The van der Waals surface area contributed by atoms with E-state index in [2.05, 4.69) is 4.90 Å². The van der Waals surface area contributed by atoms with E-state index in [4.69, 9.17) is 9.84 Å². The van der Waals surface area contributed by atoms with Crippen LogP contribution in [0.1, 0.15) is 28.8 Å². The molecule has 0 amide bonds. The molecule has 21 heavy (non-hydrogen) atoms. The van der Waals surface area contributed by atoms with Gasteiger partial charge in [-0.3, -0.25) is 0 Å². The molecule has 0 bridgehead atoms. The topological polar surface area (TPSA) is 49.8 Å². The second-order valence-corrected chi connectivity index (χ2v) is 5.10. The highest BCUT2D eigenvalue weighted by Gasteiger charge is 2.32. The zero-order valence-electron chi connectivity index (χ0n) is 11.5. The smallest absolute Gasteiger partial charge is 0.416 e. The number of carboxylic acids is 1. The number of ether oxygens (including phenoxy) is 1. The van der Waals surface area contributed by atoms with Crippen LogP contribution < -0.4 is 4.74 Å². The van der Waals surface area contributed by atoms with Crippen LogP contribution in [0, 0.1) is 0 Å². The van der Waals surface area contributed by atoms with Crippen LogP contribution in [0.15, 0.2) is 18.2 Å². The van der Waals surface area contributed by atoms with Crippen molar-refractivity contribution in [2.45, 2.75) is 25.1 Å². The molecule has 116 valence electrons. The van der Waals surface area contributed by atoms with Crippen molar-refractivity contribution in [2.75, 3.05) is 20.2 Å². The van der Waals surface area contributed by atoms with Crippen LogP contribution in [0.25, 0.3) is 0 Å². The number of aromatic carboxylic acids is 1. The number of carbonyl (C=O) groups is 1. The molecule has 1 N–H and O–H groups in total. The molecule has 1 aliphatic rings. The van der Waals surface area contributed by atoms with E-state index >= 15 is 0 Å². The number of hydrogen-bond donors (Lipinski definition) is 1. The zero-order chi connectivity index (χ0) is 15.6. The van der Waals surface area contributed by atoms with E-state index in [9.17, 15) is 18.0 Å². The van der Waals surface area contributed by atoms with Crippen molar-refractivity contribution in [3.63, 3.8) is 0 Å². The fourth-order valence-electron chi connectivity index (χ4n) is 2.38. The van der Waals surface area contributed by atoms with Gasteiger partial charge in [0.05, 0.1) is 5.56 Å². The summed E-state index contributed by atoms with van der Waals surface area (Å²) in [5.74, 6) is -1.47. The van der Waals surface area contributed by atoms with Gasteiger partial charge in [0.1, 0.15) is 17.9 Å². The second-order valence-electron chi connectivity index (χ2n) is 5.10. The third-order valence-corrected chi connectivity index (χ3v) is 3.64. The quantitative estimate of drug-likeness (QED) is 0.929. The van der Waals surface area contributed by atoms with Gasteiger partial charge in [0.25, 0.3) is 0 Å². The number of likely N-dealkylation sites (tertiary alicyclic amines) is 1. The number of nitrogens with zero attached hydrogens (tertiary/aromatic N) is 1. The molecular weight excluding hydrogens is 287 g/mol. The first-order valence-corrected chi connectivity index (χ1v) is 6.56. The second kappa shape index (κ2) is 5.93. The number of alkyl halides is 3. The average molecular weight is 303 g/mol. The standard InChI is InChI=1S/C14H16F3NO3/c1-18-6-2-3-10(18)8-21-12-5-4-9(14(15,16)17)7-11(12)13(19)20/h4-5,7,10H,2-3,6,8H2,1H3,(H,19,20)/t10-/m0/s1. The first-order valence-electron chi connectivity index (χ1n) is 6.56. The lowest BCUT2D eigenvalue weighted by Crippen LogP contribution is -2.30. The van der Waals surface area contributed by atoms with Crippen molar-refractivity contribution >= 4 is 5.97 Å². The number of rotatable bonds is 4. The Balaban J connectivity index is 2.17. The van der Waals surface area contributed by atoms with Gasteiger partial charge in [-0.1, -0.05) is 0 Å². The molecule has 4 nitrogen and oxygen atoms in total. The summed E-state index contributed by atoms with van der Waals surface area (Å²) in [6.45, 7) is 1.20. The number of carboxylic acid groups (broad SMARTS) is 1. The number of likely N-dealkylation sites (N-methyl/N-ethyl adjacent to an activating group) is 1. The van der Waals surface area contributed by atoms with E-state index in [0.717, 1.165) is 31.5 Å². The van der Waals surface area contributed by atoms with Crippen LogP contribution >= 0.6 is 0 Å². The maximum Gasteiger partial charge on any atom is 0.416 e. The molecule has 1 heterocycles. The van der Waals surface area contributed by atoms with Crippen molar-refractivity contribution in [3.8, 4) is 5.75 Å². The minimum absolute atomic E-state index is 0.0317. The molecule has 0 spiro atoms. The highest BCUT2D eigenvalue weighted by Crippen LogP contribution is 2.32. The van der Waals surface area contributed by atoms with Crippen molar-refractivity contribution in [2.24, 2.45) is 0 Å². The largest absolute Gasteiger partial charge is 0.491 e. The Morgan fingerprint density at radius 1 is 1.48 bits per heavy atom. The molecule has 0 saturated carbocycles. The molecule has 7 heteroatoms. The summed E-state index contributed by atoms with van der Waals surface area (Å²) in [5.41, 5.74) is -1.46. The Morgan fingerprint density at radius 2 is 2.19 bits per heavy atom. The lowest BCUT2D eigenvalue weighted by molar-refractivity contribution is -0.137. The van der Waals surface area contributed by atoms with Crippen LogP contribution in [0.2, 0.25) is 0 Å². The van der Waals surface area contributed by atoms with Crippen LogP contribution in [0.4, 0.5) is 13.2 Å². The molecular formula is C14H16F3NO3. The average Bonchev–Trinajstić information content (AvgIpc) is 2.80. The predicted molar refractivity (Wildman–Crippen MR) is 69.6 cm³/mol. The number of halogens is 3. The van der Waals surface area contributed by atoms with Crippen LogP contribution in [0.3, 0.4) is 0 Å². The van der Waals surface area contributed by atoms with Gasteiger partial charge in [0.2, 0.25) is 0 Å². The van der Waals surface area contributed by atoms with Crippen molar-refractivity contribution < 1.29 is 27.8 Å². The first-order chi connectivity index (χ1) is 9.79. The Kier molecular flexibility index (Phi) is 4.41. The Bertz CT molecular complexity index is 531. The van der Waals surface area contributed by atoms with Crippen molar-refractivity contribution in [1.29, 1.82) is 0 Å². The Hall–Kier alpha value is -1.76. The van der Waals surface area contributed by atoms with Crippen molar-refractivity contribution in [3.05, 3.63) is 29.3 Å². The molecule has 0 unspecified atom stereocenters. The monoisotopic (exact) mass is 303 g/mol. The molecule has 1 saturated heterocycles. The highest BCUT2D eigenvalue weighted by atomic mass is 19.4. The lowest BCUT2D eigenvalue weighted by Gasteiger charge is -2.20. The molecule has 0 aliphatic carbocycles. The molecule has 1 fully saturated rings. The summed E-state index contributed by atoms with van der Waals surface area (Å²) in [6, 6.07) is 2.67. The van der Waals surface area contributed by atoms with E-state index in [1.54, 1.807) is 0 Å². The van der Waals surface area contributed by atoms with Gasteiger partial charge in [-0.15, -0.1) is 0 Å². The van der Waals surface area contributed by atoms with Crippen LogP contribution in [-0.4, -0.2) is 42.2 Å². The first kappa shape index (κ1) is 15.6. The van der Waals surface area contributed by atoms with Gasteiger partial charge in [0, 0.05) is 6.04 Å². The summed E-state index contributed by atoms with van der Waals surface area (Å²) in [5, 5.41) is 9.04. The summed E-state index contributed by atoms with van der Waals surface area (Å²) in [6.07, 6.45) is -2.61. The maximum atomic E-state index is 12.6. The van der Waals surface area contributed by atoms with Gasteiger partial charge in [0.15, 0.2) is 0 Å². The highest BCUT2D eigenvalue weighted by molar-refractivity contribution is 5.91.